The van der Waals surface area contributed by atoms with Crippen molar-refractivity contribution in [3.05, 3.63) is 54.9 Å². The maximum absolute atomic E-state index is 9.79. The lowest BCUT2D eigenvalue weighted by molar-refractivity contribution is 0.373. The van der Waals surface area contributed by atoms with Crippen molar-refractivity contribution in [2.75, 3.05) is 19.5 Å². The number of benzene rings is 2. The summed E-state index contributed by atoms with van der Waals surface area (Å²) in [6.07, 6.45) is 3.47. The van der Waals surface area contributed by atoms with E-state index in [1.807, 2.05) is 24.3 Å². The second kappa shape index (κ2) is 6.87. The van der Waals surface area contributed by atoms with Gasteiger partial charge < -0.3 is 19.9 Å². The van der Waals surface area contributed by atoms with E-state index >= 15 is 0 Å². The van der Waals surface area contributed by atoms with Crippen LogP contribution in [0.2, 0.25) is 0 Å². The van der Waals surface area contributed by atoms with Gasteiger partial charge in [0, 0.05) is 29.7 Å². The van der Waals surface area contributed by atoms with Gasteiger partial charge in [-0.3, -0.25) is 0 Å². The SMILES string of the molecule is COc1ccc(-c2cnc(Nc3ccc(OC)c(O)c3)nc2)cc1. The Kier molecular flexibility index (Phi) is 4.47. The van der Waals surface area contributed by atoms with E-state index in [0.717, 1.165) is 16.9 Å². The van der Waals surface area contributed by atoms with Crippen molar-refractivity contribution < 1.29 is 14.6 Å². The molecule has 2 N–H and O–H groups in total. The second-order valence-corrected chi connectivity index (χ2v) is 5.04. The first-order valence-electron chi connectivity index (χ1n) is 7.30. The maximum atomic E-state index is 9.79. The predicted octanol–water partition coefficient (Wildman–Crippen LogP) is 3.61. The molecule has 0 aliphatic heterocycles. The highest BCUT2D eigenvalue weighted by atomic mass is 16.5. The molecule has 0 fully saturated rings. The highest BCUT2D eigenvalue weighted by Crippen LogP contribution is 2.29. The van der Waals surface area contributed by atoms with E-state index < -0.39 is 0 Å². The minimum absolute atomic E-state index is 0.0531. The number of hydrogen-bond donors (Lipinski definition) is 2. The number of phenols is 1. The highest BCUT2D eigenvalue weighted by Gasteiger charge is 2.05. The molecule has 0 aliphatic carbocycles. The van der Waals surface area contributed by atoms with E-state index in [-0.39, 0.29) is 5.75 Å². The number of hydrogen-bond acceptors (Lipinski definition) is 6. The first-order valence-corrected chi connectivity index (χ1v) is 7.30. The van der Waals surface area contributed by atoms with Gasteiger partial charge in [0.25, 0.3) is 0 Å². The summed E-state index contributed by atoms with van der Waals surface area (Å²) in [6, 6.07) is 12.7. The van der Waals surface area contributed by atoms with Gasteiger partial charge in [-0.25, -0.2) is 9.97 Å². The number of aromatic nitrogens is 2. The zero-order valence-corrected chi connectivity index (χ0v) is 13.4. The fourth-order valence-corrected chi connectivity index (χ4v) is 2.22. The lowest BCUT2D eigenvalue weighted by atomic mass is 10.1. The monoisotopic (exact) mass is 323 g/mol. The molecule has 0 saturated carbocycles. The number of phenolic OH excluding ortho intramolecular Hbond substituents is 1. The lowest BCUT2D eigenvalue weighted by Crippen LogP contribution is -1.97. The van der Waals surface area contributed by atoms with Crippen LogP contribution in [0.1, 0.15) is 0 Å². The van der Waals surface area contributed by atoms with Crippen LogP contribution in [0.3, 0.4) is 0 Å². The molecule has 0 aliphatic rings. The van der Waals surface area contributed by atoms with Crippen molar-refractivity contribution in [2.24, 2.45) is 0 Å². The Balaban J connectivity index is 1.75. The number of anilines is 2. The fourth-order valence-electron chi connectivity index (χ4n) is 2.22. The minimum Gasteiger partial charge on any atom is -0.504 e. The summed E-state index contributed by atoms with van der Waals surface area (Å²) < 4.78 is 10.2. The largest absolute Gasteiger partial charge is 0.504 e. The van der Waals surface area contributed by atoms with Crippen LogP contribution in [0, 0.1) is 0 Å². The predicted molar refractivity (Wildman–Crippen MR) is 92.0 cm³/mol. The normalized spacial score (nSPS) is 10.2. The third kappa shape index (κ3) is 3.38. The van der Waals surface area contributed by atoms with Gasteiger partial charge in [-0.05, 0) is 29.8 Å². The first kappa shape index (κ1) is 15.6. The molecule has 2 aromatic carbocycles. The van der Waals surface area contributed by atoms with Crippen LogP contribution in [0.15, 0.2) is 54.9 Å². The van der Waals surface area contributed by atoms with Crippen LogP contribution in [-0.2, 0) is 0 Å². The number of rotatable bonds is 5. The number of ether oxygens (including phenoxy) is 2. The number of nitrogens with one attached hydrogen (secondary N) is 1. The molecule has 0 atom stereocenters. The van der Waals surface area contributed by atoms with E-state index in [2.05, 4.69) is 15.3 Å². The Hall–Kier alpha value is -3.28. The van der Waals surface area contributed by atoms with Gasteiger partial charge in [-0.1, -0.05) is 12.1 Å². The molecule has 0 unspecified atom stereocenters. The zero-order chi connectivity index (χ0) is 16.9. The summed E-state index contributed by atoms with van der Waals surface area (Å²) in [4.78, 5) is 8.60. The van der Waals surface area contributed by atoms with E-state index in [9.17, 15) is 5.11 Å². The van der Waals surface area contributed by atoms with Crippen molar-refractivity contribution in [2.45, 2.75) is 0 Å². The molecule has 3 aromatic rings. The number of nitrogens with zero attached hydrogens (tertiary/aromatic N) is 2. The molecule has 0 amide bonds. The molecule has 0 bridgehead atoms. The van der Waals surface area contributed by atoms with Gasteiger partial charge in [0.15, 0.2) is 11.5 Å². The molecule has 1 heterocycles. The third-order valence-corrected chi connectivity index (χ3v) is 3.51. The Bertz CT molecular complexity index is 818. The second-order valence-electron chi connectivity index (χ2n) is 5.04. The minimum atomic E-state index is 0.0531. The molecular formula is C18H17N3O3. The molecule has 1 aromatic heterocycles. The third-order valence-electron chi connectivity index (χ3n) is 3.51. The summed E-state index contributed by atoms with van der Waals surface area (Å²) in [5, 5.41) is 12.8. The van der Waals surface area contributed by atoms with Crippen molar-refractivity contribution >= 4 is 11.6 Å². The lowest BCUT2D eigenvalue weighted by Gasteiger charge is -2.08. The quantitative estimate of drug-likeness (QED) is 0.747. The summed E-state index contributed by atoms with van der Waals surface area (Å²) >= 11 is 0. The molecule has 122 valence electrons. The van der Waals surface area contributed by atoms with Crippen LogP contribution in [-0.4, -0.2) is 29.3 Å². The molecule has 6 nitrogen and oxygen atoms in total. The standard InChI is InChI=1S/C18H17N3O3/c1-23-15-6-3-12(4-7-15)13-10-19-18(20-11-13)21-14-5-8-17(24-2)16(22)9-14/h3-11,22H,1-2H3,(H,19,20,21). The van der Waals surface area contributed by atoms with Crippen LogP contribution in [0.5, 0.6) is 17.2 Å². The Morgan fingerprint density at radius 2 is 1.58 bits per heavy atom. The average Bonchev–Trinajstić information content (AvgIpc) is 2.63. The van der Waals surface area contributed by atoms with Crippen molar-refractivity contribution in [1.82, 2.24) is 9.97 Å². The topological polar surface area (TPSA) is 76.5 Å². The maximum Gasteiger partial charge on any atom is 0.227 e. The van der Waals surface area contributed by atoms with Gasteiger partial charge in [0.2, 0.25) is 5.95 Å². The molecule has 24 heavy (non-hydrogen) atoms. The summed E-state index contributed by atoms with van der Waals surface area (Å²) in [6.45, 7) is 0. The summed E-state index contributed by atoms with van der Waals surface area (Å²) in [7, 11) is 3.14. The van der Waals surface area contributed by atoms with Gasteiger partial charge >= 0.3 is 0 Å². The smallest absolute Gasteiger partial charge is 0.227 e. The van der Waals surface area contributed by atoms with Crippen molar-refractivity contribution in [3.8, 4) is 28.4 Å². The van der Waals surface area contributed by atoms with E-state index in [0.29, 0.717) is 17.4 Å². The van der Waals surface area contributed by atoms with Crippen LogP contribution in [0.25, 0.3) is 11.1 Å². The molecule has 3 rings (SSSR count). The van der Waals surface area contributed by atoms with Gasteiger partial charge in [-0.2, -0.15) is 0 Å². The Morgan fingerprint density at radius 3 is 2.17 bits per heavy atom. The number of aromatic hydroxyl groups is 1. The van der Waals surface area contributed by atoms with E-state index in [1.54, 1.807) is 37.7 Å². The fraction of sp³-hybridized carbons (Fsp3) is 0.111. The van der Waals surface area contributed by atoms with Gasteiger partial charge in [0.05, 0.1) is 14.2 Å². The van der Waals surface area contributed by atoms with Gasteiger partial charge in [-0.15, -0.1) is 0 Å². The Labute approximate surface area is 139 Å². The Morgan fingerprint density at radius 1 is 0.875 bits per heavy atom. The zero-order valence-electron chi connectivity index (χ0n) is 13.4. The molecule has 0 saturated heterocycles. The molecule has 0 spiro atoms. The van der Waals surface area contributed by atoms with Gasteiger partial charge in [0.1, 0.15) is 5.75 Å². The van der Waals surface area contributed by atoms with Crippen LogP contribution in [0.4, 0.5) is 11.6 Å². The van der Waals surface area contributed by atoms with Crippen molar-refractivity contribution in [1.29, 1.82) is 0 Å². The average molecular weight is 323 g/mol. The molecule has 6 heteroatoms. The van der Waals surface area contributed by atoms with Crippen molar-refractivity contribution in [3.63, 3.8) is 0 Å². The number of methoxy groups -OCH3 is 2. The van der Waals surface area contributed by atoms with E-state index in [1.165, 1.54) is 7.11 Å². The van der Waals surface area contributed by atoms with Crippen LogP contribution < -0.4 is 14.8 Å². The molecule has 0 radical (unpaired) electrons. The first-order chi connectivity index (χ1) is 11.7. The highest BCUT2D eigenvalue weighted by molar-refractivity contribution is 5.64. The molecular weight excluding hydrogens is 306 g/mol. The summed E-state index contributed by atoms with van der Waals surface area (Å²) in [5.74, 6) is 1.71. The van der Waals surface area contributed by atoms with Crippen LogP contribution >= 0.6 is 0 Å². The van der Waals surface area contributed by atoms with E-state index in [4.69, 9.17) is 9.47 Å². The summed E-state index contributed by atoms with van der Waals surface area (Å²) in [5.41, 5.74) is 2.58.